The second-order valence-electron chi connectivity index (χ2n) is 4.13. The van der Waals surface area contributed by atoms with Gasteiger partial charge in [-0.1, -0.05) is 0 Å². The summed E-state index contributed by atoms with van der Waals surface area (Å²) in [7, 11) is 1.22. The van der Waals surface area contributed by atoms with Crippen LogP contribution in [0.1, 0.15) is 32.1 Å². The summed E-state index contributed by atoms with van der Waals surface area (Å²) in [5.74, 6) is 1.78. The minimum Gasteiger partial charge on any atom is -0.385 e. The summed E-state index contributed by atoms with van der Waals surface area (Å²) >= 11 is 0. The first-order valence-electron chi connectivity index (χ1n) is 5.90. The zero-order valence-corrected chi connectivity index (χ0v) is 10.5. The van der Waals surface area contributed by atoms with E-state index in [1.54, 1.807) is 7.11 Å². The van der Waals surface area contributed by atoms with Crippen LogP contribution < -0.4 is 5.32 Å². The minimum absolute atomic E-state index is 0.529. The van der Waals surface area contributed by atoms with Gasteiger partial charge in [-0.3, -0.25) is 4.21 Å². The molecule has 0 atom stereocenters. The maximum absolute atomic E-state index is 11.1. The molecule has 0 spiro atoms. The third-order valence-corrected chi connectivity index (χ3v) is 4.23. The second-order valence-corrected chi connectivity index (χ2v) is 5.83. The van der Waals surface area contributed by atoms with Crippen LogP contribution in [-0.2, 0) is 15.5 Å². The number of methoxy groups -OCH3 is 1. The van der Waals surface area contributed by atoms with Crippen LogP contribution in [0.5, 0.6) is 0 Å². The van der Waals surface area contributed by atoms with E-state index in [1.807, 2.05) is 0 Å². The number of rotatable bonds is 7. The van der Waals surface area contributed by atoms with Crippen molar-refractivity contribution in [1.29, 1.82) is 0 Å². The molecule has 1 N–H and O–H groups in total. The molecule has 1 aliphatic rings. The van der Waals surface area contributed by atoms with Crippen LogP contribution >= 0.6 is 0 Å². The van der Waals surface area contributed by atoms with E-state index in [4.69, 9.17) is 4.74 Å². The van der Waals surface area contributed by atoms with Gasteiger partial charge in [0.05, 0.1) is 0 Å². The molecule has 0 aromatic rings. The molecule has 15 heavy (non-hydrogen) atoms. The van der Waals surface area contributed by atoms with E-state index >= 15 is 0 Å². The van der Waals surface area contributed by atoms with Crippen LogP contribution in [0, 0.1) is 0 Å². The van der Waals surface area contributed by atoms with Gasteiger partial charge in [-0.2, -0.15) is 0 Å². The van der Waals surface area contributed by atoms with Crippen molar-refractivity contribution in [3.8, 4) is 0 Å². The quantitative estimate of drug-likeness (QED) is 0.674. The molecule has 1 saturated heterocycles. The summed E-state index contributed by atoms with van der Waals surface area (Å²) in [6.07, 6.45) is 5.80. The minimum atomic E-state index is -0.529. The normalized spacial score (nSPS) is 26.7. The van der Waals surface area contributed by atoms with E-state index in [2.05, 4.69) is 5.32 Å². The van der Waals surface area contributed by atoms with Gasteiger partial charge in [0, 0.05) is 42.1 Å². The zero-order chi connectivity index (χ0) is 10.9. The van der Waals surface area contributed by atoms with E-state index in [1.165, 1.54) is 12.8 Å². The predicted molar refractivity (Wildman–Crippen MR) is 64.6 cm³/mol. The average Bonchev–Trinajstić information content (AvgIpc) is 2.26. The van der Waals surface area contributed by atoms with Gasteiger partial charge in [-0.15, -0.1) is 0 Å². The first-order valence-corrected chi connectivity index (χ1v) is 7.39. The molecule has 0 aliphatic carbocycles. The van der Waals surface area contributed by atoms with Gasteiger partial charge < -0.3 is 10.1 Å². The van der Waals surface area contributed by atoms with E-state index in [-0.39, 0.29) is 0 Å². The summed E-state index contributed by atoms with van der Waals surface area (Å²) in [5, 5.41) is 3.54. The van der Waals surface area contributed by atoms with Crippen molar-refractivity contribution in [1.82, 2.24) is 5.32 Å². The Hall–Kier alpha value is 0.0700. The van der Waals surface area contributed by atoms with E-state index in [0.29, 0.717) is 6.04 Å². The molecular formula is C11H23NO2S. The summed E-state index contributed by atoms with van der Waals surface area (Å²) in [4.78, 5) is 0. The first kappa shape index (κ1) is 13.1. The fraction of sp³-hybridized carbons (Fsp3) is 1.00. The molecule has 3 nitrogen and oxygen atoms in total. The topological polar surface area (TPSA) is 38.3 Å². The lowest BCUT2D eigenvalue weighted by molar-refractivity contribution is 0.192. The highest BCUT2D eigenvalue weighted by molar-refractivity contribution is 7.85. The molecule has 0 bridgehead atoms. The highest BCUT2D eigenvalue weighted by Crippen LogP contribution is 2.09. The summed E-state index contributed by atoms with van der Waals surface area (Å²) in [5.41, 5.74) is 0. The van der Waals surface area contributed by atoms with E-state index in [9.17, 15) is 4.21 Å². The van der Waals surface area contributed by atoms with Gasteiger partial charge >= 0.3 is 0 Å². The van der Waals surface area contributed by atoms with Crippen LogP contribution in [0.3, 0.4) is 0 Å². The Labute approximate surface area is 95.4 Å². The Balaban J connectivity index is 1.89. The first-order chi connectivity index (χ1) is 7.33. The van der Waals surface area contributed by atoms with Gasteiger partial charge in [0.2, 0.25) is 0 Å². The predicted octanol–water partition coefficient (Wildman–Crippen LogP) is 1.30. The third-order valence-electron chi connectivity index (χ3n) is 2.85. The molecule has 0 unspecified atom stereocenters. The second kappa shape index (κ2) is 8.25. The summed E-state index contributed by atoms with van der Waals surface area (Å²) in [6.45, 7) is 1.98. The van der Waals surface area contributed by atoms with Crippen LogP contribution in [0.25, 0.3) is 0 Å². The SMILES string of the molecule is COCCCCCNC1CCS(=O)CC1. The van der Waals surface area contributed by atoms with E-state index < -0.39 is 10.8 Å². The van der Waals surface area contributed by atoms with Gasteiger partial charge in [-0.25, -0.2) is 0 Å². The van der Waals surface area contributed by atoms with Crippen molar-refractivity contribution in [3.05, 3.63) is 0 Å². The Morgan fingerprint density at radius 1 is 1.27 bits per heavy atom. The molecule has 1 fully saturated rings. The molecular weight excluding hydrogens is 210 g/mol. The molecule has 0 aromatic heterocycles. The lowest BCUT2D eigenvalue weighted by Crippen LogP contribution is -2.36. The van der Waals surface area contributed by atoms with Gasteiger partial charge in [-0.05, 0) is 38.6 Å². The molecule has 4 heteroatoms. The highest BCUT2D eigenvalue weighted by atomic mass is 32.2. The van der Waals surface area contributed by atoms with Crippen molar-refractivity contribution < 1.29 is 8.95 Å². The lowest BCUT2D eigenvalue weighted by Gasteiger charge is -2.22. The van der Waals surface area contributed by atoms with Crippen LogP contribution in [0.15, 0.2) is 0 Å². The van der Waals surface area contributed by atoms with Crippen molar-refractivity contribution >= 4 is 10.8 Å². The fourth-order valence-corrected chi connectivity index (χ4v) is 3.15. The van der Waals surface area contributed by atoms with Gasteiger partial charge in [0.15, 0.2) is 0 Å². The van der Waals surface area contributed by atoms with Crippen molar-refractivity contribution in [3.63, 3.8) is 0 Å². The number of ether oxygens (including phenoxy) is 1. The molecule has 0 aromatic carbocycles. The molecule has 0 saturated carbocycles. The summed E-state index contributed by atoms with van der Waals surface area (Å²) < 4.78 is 16.1. The van der Waals surface area contributed by atoms with Crippen molar-refractivity contribution in [2.45, 2.75) is 38.1 Å². The average molecular weight is 233 g/mol. The van der Waals surface area contributed by atoms with Crippen LogP contribution in [0.2, 0.25) is 0 Å². The van der Waals surface area contributed by atoms with E-state index in [0.717, 1.165) is 43.9 Å². The Morgan fingerprint density at radius 3 is 2.67 bits per heavy atom. The number of hydrogen-bond acceptors (Lipinski definition) is 3. The maximum atomic E-state index is 11.1. The largest absolute Gasteiger partial charge is 0.385 e. The molecule has 1 aliphatic heterocycles. The van der Waals surface area contributed by atoms with Crippen molar-refractivity contribution in [2.24, 2.45) is 0 Å². The lowest BCUT2D eigenvalue weighted by atomic mass is 10.1. The molecule has 0 amide bonds. The van der Waals surface area contributed by atoms with Crippen LogP contribution in [0.4, 0.5) is 0 Å². The third kappa shape index (κ3) is 6.28. The Bertz CT molecular complexity index is 177. The van der Waals surface area contributed by atoms with Crippen molar-refractivity contribution in [2.75, 3.05) is 31.8 Å². The maximum Gasteiger partial charge on any atom is 0.0462 e. The summed E-state index contributed by atoms with van der Waals surface area (Å²) in [6, 6.07) is 0.616. The highest BCUT2D eigenvalue weighted by Gasteiger charge is 2.16. The number of hydrogen-bond donors (Lipinski definition) is 1. The van der Waals surface area contributed by atoms with Gasteiger partial charge in [0.25, 0.3) is 0 Å². The van der Waals surface area contributed by atoms with Gasteiger partial charge in [0.1, 0.15) is 0 Å². The smallest absolute Gasteiger partial charge is 0.0462 e. The molecule has 0 radical (unpaired) electrons. The number of nitrogens with one attached hydrogen (secondary N) is 1. The zero-order valence-electron chi connectivity index (χ0n) is 9.67. The Morgan fingerprint density at radius 2 is 2.00 bits per heavy atom. The molecule has 1 heterocycles. The fourth-order valence-electron chi connectivity index (χ4n) is 1.85. The van der Waals surface area contributed by atoms with Crippen LogP contribution in [-0.4, -0.2) is 42.0 Å². The monoisotopic (exact) mass is 233 g/mol. The number of unbranched alkanes of at least 4 members (excludes halogenated alkanes) is 2. The Kier molecular flexibility index (Phi) is 7.22. The molecule has 90 valence electrons. The molecule has 1 rings (SSSR count). The standard InChI is InChI=1S/C11H23NO2S/c1-14-8-4-2-3-7-12-11-5-9-15(13)10-6-11/h11-12H,2-10H2,1H3.